The number of halogens is 1. The fourth-order valence-corrected chi connectivity index (χ4v) is 9.36. The number of ether oxygens (including phenoxy) is 1. The lowest BCUT2D eigenvalue weighted by Crippen LogP contribution is -2.51. The van der Waals surface area contributed by atoms with E-state index in [1.54, 1.807) is 5.57 Å². The van der Waals surface area contributed by atoms with E-state index in [1.165, 1.54) is 57.8 Å². The van der Waals surface area contributed by atoms with Crippen LogP contribution in [0.25, 0.3) is 0 Å². The lowest BCUT2D eigenvalue weighted by Gasteiger charge is -2.58. The van der Waals surface area contributed by atoms with Crippen LogP contribution in [0.2, 0.25) is 0 Å². The number of rotatable bonds is 8. The van der Waals surface area contributed by atoms with Gasteiger partial charge >= 0.3 is 5.97 Å². The van der Waals surface area contributed by atoms with Crippen LogP contribution in [0, 0.1) is 52.3 Å². The number of allylic oxidation sites excluding steroid dienone is 1. The average molecular weight is 550 g/mol. The minimum atomic E-state index is -0.195. The molecule has 0 radical (unpaired) electrons. The summed E-state index contributed by atoms with van der Waals surface area (Å²) >= 11 is 3.54. The molecule has 0 spiro atoms. The first-order valence-electron chi connectivity index (χ1n) is 15.0. The van der Waals surface area contributed by atoms with E-state index in [9.17, 15) is 4.79 Å². The minimum absolute atomic E-state index is 0.0635. The Balaban J connectivity index is 1.43. The molecule has 4 rings (SSSR count). The number of carbonyl (C=O) groups excluding carboxylic acids is 1. The predicted octanol–water partition coefficient (Wildman–Crippen LogP) is 9.36. The lowest BCUT2D eigenvalue weighted by atomic mass is 9.47. The molecule has 0 aliphatic heterocycles. The zero-order chi connectivity index (χ0) is 25.5. The zero-order valence-electron chi connectivity index (χ0n) is 23.7. The van der Waals surface area contributed by atoms with Gasteiger partial charge in [0.05, 0.1) is 0 Å². The average Bonchev–Trinajstić information content (AvgIpc) is 3.15. The summed E-state index contributed by atoms with van der Waals surface area (Å²) in [5, 5.41) is 0. The van der Waals surface area contributed by atoms with Crippen LogP contribution in [-0.4, -0.2) is 16.9 Å². The Kier molecular flexibility index (Phi) is 8.57. The van der Waals surface area contributed by atoms with Gasteiger partial charge < -0.3 is 4.74 Å². The van der Waals surface area contributed by atoms with Gasteiger partial charge in [0.1, 0.15) is 10.9 Å². The number of hydrogen-bond acceptors (Lipinski definition) is 2. The lowest BCUT2D eigenvalue weighted by molar-refractivity contribution is -0.151. The van der Waals surface area contributed by atoms with Gasteiger partial charge in [-0.25, -0.2) is 0 Å². The first-order valence-corrected chi connectivity index (χ1v) is 15.9. The maximum absolute atomic E-state index is 12.6. The first-order chi connectivity index (χ1) is 16.5. The molecule has 0 amide bonds. The van der Waals surface area contributed by atoms with Crippen molar-refractivity contribution in [1.29, 1.82) is 0 Å². The van der Waals surface area contributed by atoms with Crippen molar-refractivity contribution in [3.8, 4) is 0 Å². The predicted molar refractivity (Wildman–Crippen MR) is 150 cm³/mol. The summed E-state index contributed by atoms with van der Waals surface area (Å²) in [5.74, 6) is 5.42. The van der Waals surface area contributed by atoms with Crippen LogP contribution in [0.1, 0.15) is 119 Å². The number of esters is 1. The van der Waals surface area contributed by atoms with Gasteiger partial charge in [0, 0.05) is 6.42 Å². The van der Waals surface area contributed by atoms with Crippen LogP contribution in [0.5, 0.6) is 0 Å². The Morgan fingerprint density at radius 2 is 1.77 bits per heavy atom. The first kappa shape index (κ1) is 27.7. The van der Waals surface area contributed by atoms with Gasteiger partial charge in [0.2, 0.25) is 0 Å². The highest BCUT2D eigenvalue weighted by atomic mass is 79.9. The van der Waals surface area contributed by atoms with Gasteiger partial charge in [-0.3, -0.25) is 4.79 Å². The third-order valence-electron chi connectivity index (χ3n) is 11.4. The maximum atomic E-state index is 12.6. The largest absolute Gasteiger partial charge is 0.461 e. The highest BCUT2D eigenvalue weighted by Gasteiger charge is 2.59. The van der Waals surface area contributed by atoms with E-state index in [0.717, 1.165) is 48.3 Å². The summed E-state index contributed by atoms with van der Waals surface area (Å²) in [6, 6.07) is 0. The molecule has 200 valence electrons. The molecule has 0 bridgehead atoms. The van der Waals surface area contributed by atoms with E-state index in [2.05, 4.69) is 70.5 Å². The molecule has 0 unspecified atom stereocenters. The highest BCUT2D eigenvalue weighted by Crippen LogP contribution is 2.67. The fraction of sp³-hybridized carbons (Fsp3) is 0.906. The quantitative estimate of drug-likeness (QED) is 0.171. The summed E-state index contributed by atoms with van der Waals surface area (Å²) in [5.41, 5.74) is 2.48. The number of carbonyl (C=O) groups is 1. The van der Waals surface area contributed by atoms with E-state index in [1.807, 2.05) is 0 Å². The smallest absolute Gasteiger partial charge is 0.320 e. The van der Waals surface area contributed by atoms with Crippen molar-refractivity contribution in [2.45, 2.75) is 130 Å². The van der Waals surface area contributed by atoms with Crippen molar-refractivity contribution in [2.24, 2.45) is 52.3 Å². The molecule has 0 saturated heterocycles. The fourth-order valence-electron chi connectivity index (χ4n) is 9.25. The van der Waals surface area contributed by atoms with Gasteiger partial charge in [0.25, 0.3) is 0 Å². The number of alkyl halides is 1. The van der Waals surface area contributed by atoms with Crippen LogP contribution in [0.3, 0.4) is 0 Å². The van der Waals surface area contributed by atoms with E-state index in [-0.39, 0.29) is 22.8 Å². The molecule has 35 heavy (non-hydrogen) atoms. The van der Waals surface area contributed by atoms with Crippen molar-refractivity contribution >= 4 is 21.9 Å². The Bertz CT molecular complexity index is 786. The SMILES string of the molecule is CC(C)CCC[C@@H](C)[C@H]1CC[C@H]2[C@@H]3CC=C4C[C@@H](OC(=O)[C@H](Br)C(C)C)CC[C@]4(C)[C@H]3CC[C@]12C. The van der Waals surface area contributed by atoms with E-state index >= 15 is 0 Å². The molecule has 0 heterocycles. The Labute approximate surface area is 224 Å². The molecule has 2 nitrogen and oxygen atoms in total. The van der Waals surface area contributed by atoms with Gasteiger partial charge in [-0.2, -0.15) is 0 Å². The Hall–Kier alpha value is -0.310. The molecule has 0 aromatic rings. The van der Waals surface area contributed by atoms with Crippen molar-refractivity contribution in [3.05, 3.63) is 11.6 Å². The Morgan fingerprint density at radius 1 is 1.03 bits per heavy atom. The van der Waals surface area contributed by atoms with Crippen LogP contribution >= 0.6 is 15.9 Å². The molecule has 4 aliphatic carbocycles. The van der Waals surface area contributed by atoms with Crippen molar-refractivity contribution < 1.29 is 9.53 Å². The van der Waals surface area contributed by atoms with Crippen molar-refractivity contribution in [1.82, 2.24) is 0 Å². The molecule has 9 atom stereocenters. The van der Waals surface area contributed by atoms with Gasteiger partial charge in [0.15, 0.2) is 0 Å². The second-order valence-electron chi connectivity index (χ2n) is 14.2. The number of fused-ring (bicyclic) bond motifs is 5. The second kappa shape index (κ2) is 10.8. The third kappa shape index (κ3) is 5.33. The minimum Gasteiger partial charge on any atom is -0.461 e. The van der Waals surface area contributed by atoms with Gasteiger partial charge in [-0.1, -0.05) is 95.3 Å². The van der Waals surface area contributed by atoms with E-state index in [0.29, 0.717) is 10.8 Å². The Morgan fingerprint density at radius 3 is 2.46 bits per heavy atom. The molecule has 3 fully saturated rings. The van der Waals surface area contributed by atoms with Crippen molar-refractivity contribution in [2.75, 3.05) is 0 Å². The van der Waals surface area contributed by atoms with Crippen LogP contribution in [0.4, 0.5) is 0 Å². The number of hydrogen-bond donors (Lipinski definition) is 0. The topological polar surface area (TPSA) is 26.3 Å². The summed E-state index contributed by atoms with van der Waals surface area (Å²) in [4.78, 5) is 12.4. The molecule has 0 N–H and O–H groups in total. The molecule has 3 heteroatoms. The summed E-state index contributed by atoms with van der Waals surface area (Å²) < 4.78 is 5.99. The molecular weight excluding hydrogens is 496 g/mol. The molecule has 0 aromatic carbocycles. The van der Waals surface area contributed by atoms with Crippen LogP contribution < -0.4 is 0 Å². The monoisotopic (exact) mass is 548 g/mol. The summed E-state index contributed by atoms with van der Waals surface area (Å²) in [6.07, 6.45) is 17.1. The molecule has 0 aromatic heterocycles. The van der Waals surface area contributed by atoms with Crippen LogP contribution in [-0.2, 0) is 9.53 Å². The molecule has 4 aliphatic rings. The summed E-state index contributed by atoms with van der Waals surface area (Å²) in [6.45, 7) is 16.7. The molecule has 3 saturated carbocycles. The highest BCUT2D eigenvalue weighted by molar-refractivity contribution is 9.10. The van der Waals surface area contributed by atoms with Gasteiger partial charge in [-0.05, 0) is 97.2 Å². The summed E-state index contributed by atoms with van der Waals surface area (Å²) in [7, 11) is 0. The molecular formula is C32H53BrO2. The maximum Gasteiger partial charge on any atom is 0.320 e. The van der Waals surface area contributed by atoms with E-state index in [4.69, 9.17) is 4.74 Å². The van der Waals surface area contributed by atoms with Crippen LogP contribution in [0.15, 0.2) is 11.6 Å². The normalized spacial score (nSPS) is 40.5. The third-order valence-corrected chi connectivity index (χ3v) is 12.8. The van der Waals surface area contributed by atoms with E-state index < -0.39 is 0 Å². The standard InChI is InChI=1S/C32H53BrO2/c1-20(2)9-8-10-22(5)26-13-14-27-25-12-11-23-19-24(35-30(34)29(33)21(3)4)15-17-31(23,6)28(25)16-18-32(26,27)7/h11,20-22,24-29H,8-10,12-19H2,1-7H3/t22-,24+,25+,26-,27+,28+,29-,31+,32-/m1/s1. The van der Waals surface area contributed by atoms with Gasteiger partial charge in [-0.15, -0.1) is 0 Å². The zero-order valence-corrected chi connectivity index (χ0v) is 25.3. The second-order valence-corrected chi connectivity index (χ2v) is 15.2. The van der Waals surface area contributed by atoms with Crippen molar-refractivity contribution in [3.63, 3.8) is 0 Å².